The molecule has 1 heterocycles. The summed E-state index contributed by atoms with van der Waals surface area (Å²) in [4.78, 5) is 0. The van der Waals surface area contributed by atoms with Crippen LogP contribution in [0.4, 0.5) is 0 Å². The molecule has 0 aromatic carbocycles. The molecule has 5 nitrogen and oxygen atoms in total. The normalized spacial score (nSPS) is 25.4. The van der Waals surface area contributed by atoms with Crippen LogP contribution >= 0.6 is 0 Å². The zero-order valence-corrected chi connectivity index (χ0v) is 9.22. The van der Waals surface area contributed by atoms with Crippen LogP contribution in [0.25, 0.3) is 0 Å². The summed E-state index contributed by atoms with van der Waals surface area (Å²) < 4.78 is 21.6. The van der Waals surface area contributed by atoms with Crippen molar-refractivity contribution >= 4 is 0 Å². The number of hydrogen-bond acceptors (Lipinski definition) is 5. The van der Waals surface area contributed by atoms with Crippen molar-refractivity contribution in [2.45, 2.75) is 11.6 Å². The molecule has 0 bridgehead atoms. The van der Waals surface area contributed by atoms with Crippen LogP contribution in [0.5, 0.6) is 0 Å². The number of hydrogen-bond donors (Lipinski definition) is 1. The predicted molar refractivity (Wildman–Crippen MR) is 55.7 cm³/mol. The van der Waals surface area contributed by atoms with Gasteiger partial charge in [-0.25, -0.2) is 0 Å². The number of methoxy groups -OCH3 is 1. The van der Waals surface area contributed by atoms with E-state index in [4.69, 9.17) is 24.1 Å². The minimum atomic E-state index is -0.927. The first-order valence-corrected chi connectivity index (χ1v) is 5.23. The molecular weight excluding hydrogens is 212 g/mol. The molecule has 0 aromatic heterocycles. The second-order valence-corrected chi connectivity index (χ2v) is 3.58. The molecule has 1 fully saturated rings. The molecule has 0 radical (unpaired) electrons. The van der Waals surface area contributed by atoms with Gasteiger partial charge in [0.15, 0.2) is 0 Å². The van der Waals surface area contributed by atoms with Gasteiger partial charge in [0.25, 0.3) is 0 Å². The Balaban J connectivity index is 2.07. The van der Waals surface area contributed by atoms with E-state index < -0.39 is 11.6 Å². The maximum Gasteiger partial charge on any atom is 0.208 e. The van der Waals surface area contributed by atoms with Crippen molar-refractivity contribution in [3.63, 3.8) is 0 Å². The van der Waals surface area contributed by atoms with Gasteiger partial charge in [-0.15, -0.1) is 0 Å². The molecule has 2 rings (SSSR count). The average molecular weight is 228 g/mol. The van der Waals surface area contributed by atoms with E-state index in [0.717, 1.165) is 0 Å². The largest absolute Gasteiger partial charge is 0.394 e. The highest BCUT2D eigenvalue weighted by Gasteiger charge is 2.38. The molecule has 0 amide bonds. The monoisotopic (exact) mass is 228 g/mol. The Hall–Kier alpha value is -0.720. The van der Waals surface area contributed by atoms with Crippen LogP contribution in [0.15, 0.2) is 24.3 Å². The quantitative estimate of drug-likeness (QED) is 0.550. The summed E-state index contributed by atoms with van der Waals surface area (Å²) in [6.45, 7) is 1.31. The van der Waals surface area contributed by atoms with Crippen molar-refractivity contribution in [2.24, 2.45) is 0 Å². The molecule has 0 saturated carbocycles. The average Bonchev–Trinajstić information content (AvgIpc) is 2.78. The van der Waals surface area contributed by atoms with Crippen molar-refractivity contribution in [3.8, 4) is 0 Å². The number of aliphatic hydroxyl groups is 1. The van der Waals surface area contributed by atoms with Crippen molar-refractivity contribution < 1.29 is 24.1 Å². The van der Waals surface area contributed by atoms with Crippen molar-refractivity contribution in [1.82, 2.24) is 0 Å². The van der Waals surface area contributed by atoms with E-state index in [0.29, 0.717) is 13.2 Å². The second kappa shape index (κ2) is 4.65. The fraction of sp³-hybridized carbons (Fsp3) is 0.636. The van der Waals surface area contributed by atoms with E-state index in [2.05, 4.69) is 0 Å². The summed E-state index contributed by atoms with van der Waals surface area (Å²) in [6, 6.07) is 0. The third-order valence-electron chi connectivity index (χ3n) is 2.57. The fourth-order valence-electron chi connectivity index (χ4n) is 1.71. The first-order chi connectivity index (χ1) is 7.74. The number of aliphatic hydroxyl groups excluding tert-OH is 1. The van der Waals surface area contributed by atoms with E-state index in [-0.39, 0.29) is 13.2 Å². The Morgan fingerprint density at radius 1 is 1.19 bits per heavy atom. The number of ether oxygens (including phenoxy) is 4. The van der Waals surface area contributed by atoms with E-state index in [9.17, 15) is 0 Å². The zero-order valence-electron chi connectivity index (χ0n) is 9.22. The van der Waals surface area contributed by atoms with E-state index in [1.807, 2.05) is 0 Å². The van der Waals surface area contributed by atoms with E-state index in [1.165, 1.54) is 0 Å². The minimum Gasteiger partial charge on any atom is -0.394 e. The molecule has 90 valence electrons. The summed E-state index contributed by atoms with van der Waals surface area (Å²) in [5.41, 5.74) is 0. The Bertz CT molecular complexity index is 275. The lowest BCUT2D eigenvalue weighted by molar-refractivity contribution is -0.166. The highest BCUT2D eigenvalue weighted by atomic mass is 16.7. The first kappa shape index (κ1) is 11.8. The van der Waals surface area contributed by atoms with Crippen LogP contribution < -0.4 is 0 Å². The van der Waals surface area contributed by atoms with E-state index >= 15 is 0 Å². The third-order valence-corrected chi connectivity index (χ3v) is 2.57. The lowest BCUT2D eigenvalue weighted by Crippen LogP contribution is -2.38. The SMILES string of the molecule is COC1(OCCO)C=CC2(C=C1)OCCO2. The smallest absolute Gasteiger partial charge is 0.208 e. The van der Waals surface area contributed by atoms with Gasteiger partial charge in [0, 0.05) is 7.11 Å². The molecule has 0 atom stereocenters. The topological polar surface area (TPSA) is 57.2 Å². The summed E-state index contributed by atoms with van der Waals surface area (Å²) in [6.07, 6.45) is 6.99. The van der Waals surface area contributed by atoms with Gasteiger partial charge >= 0.3 is 0 Å². The highest BCUT2D eigenvalue weighted by molar-refractivity contribution is 5.25. The van der Waals surface area contributed by atoms with E-state index in [1.54, 1.807) is 31.4 Å². The maximum absolute atomic E-state index is 8.73. The van der Waals surface area contributed by atoms with Gasteiger partial charge in [0.1, 0.15) is 0 Å². The maximum atomic E-state index is 8.73. The zero-order chi connectivity index (χ0) is 11.5. The minimum absolute atomic E-state index is 0.0507. The summed E-state index contributed by atoms with van der Waals surface area (Å²) in [7, 11) is 1.54. The van der Waals surface area contributed by atoms with Crippen LogP contribution in [0.3, 0.4) is 0 Å². The van der Waals surface area contributed by atoms with Crippen molar-refractivity contribution in [3.05, 3.63) is 24.3 Å². The van der Waals surface area contributed by atoms with Gasteiger partial charge in [-0.05, 0) is 24.3 Å². The van der Waals surface area contributed by atoms with Crippen molar-refractivity contribution in [1.29, 1.82) is 0 Å². The molecule has 5 heteroatoms. The molecule has 2 aliphatic rings. The van der Waals surface area contributed by atoms with Gasteiger partial charge in [-0.1, -0.05) is 0 Å². The van der Waals surface area contributed by atoms with Gasteiger partial charge in [0.05, 0.1) is 26.4 Å². The lowest BCUT2D eigenvalue weighted by atomic mass is 10.1. The van der Waals surface area contributed by atoms with Crippen LogP contribution in [0.2, 0.25) is 0 Å². The molecule has 16 heavy (non-hydrogen) atoms. The summed E-state index contributed by atoms with van der Waals surface area (Å²) in [5, 5.41) is 8.73. The van der Waals surface area contributed by atoms with Crippen LogP contribution in [-0.4, -0.2) is 50.2 Å². The Morgan fingerprint density at radius 2 is 1.81 bits per heavy atom. The predicted octanol–water partition coefficient (Wildman–Crippen LogP) is 0.207. The third kappa shape index (κ3) is 2.18. The fourth-order valence-corrected chi connectivity index (χ4v) is 1.71. The molecule has 0 unspecified atom stereocenters. The van der Waals surface area contributed by atoms with Crippen LogP contribution in [-0.2, 0) is 18.9 Å². The molecule has 1 aliphatic heterocycles. The number of rotatable bonds is 4. The summed E-state index contributed by atoms with van der Waals surface area (Å²) >= 11 is 0. The molecule has 1 aliphatic carbocycles. The molecule has 1 spiro atoms. The van der Waals surface area contributed by atoms with Gasteiger partial charge < -0.3 is 24.1 Å². The van der Waals surface area contributed by atoms with Crippen LogP contribution in [0, 0.1) is 0 Å². The molecular formula is C11H16O5. The van der Waals surface area contributed by atoms with Gasteiger partial charge in [-0.2, -0.15) is 0 Å². The molecule has 1 N–H and O–H groups in total. The standard InChI is InChI=1S/C11H16O5/c1-13-10(14-7-6-12)2-4-11(5-3-10)15-8-9-16-11/h2-5,12H,6-9H2,1H3. The van der Waals surface area contributed by atoms with Crippen molar-refractivity contribution in [2.75, 3.05) is 33.5 Å². The van der Waals surface area contributed by atoms with Gasteiger partial charge in [-0.3, -0.25) is 0 Å². The second-order valence-electron chi connectivity index (χ2n) is 3.58. The summed E-state index contributed by atoms with van der Waals surface area (Å²) in [5.74, 6) is -1.69. The lowest BCUT2D eigenvalue weighted by Gasteiger charge is -2.32. The first-order valence-electron chi connectivity index (χ1n) is 5.23. The molecule has 1 saturated heterocycles. The highest BCUT2D eigenvalue weighted by Crippen LogP contribution is 2.31. The Kier molecular flexibility index (Phi) is 3.41. The van der Waals surface area contributed by atoms with Crippen LogP contribution in [0.1, 0.15) is 0 Å². The van der Waals surface area contributed by atoms with Gasteiger partial charge in [0.2, 0.25) is 11.6 Å². The Labute approximate surface area is 94.2 Å². The Morgan fingerprint density at radius 3 is 2.31 bits per heavy atom. The molecule has 0 aromatic rings.